The highest BCUT2D eigenvalue weighted by molar-refractivity contribution is 6.30. The summed E-state index contributed by atoms with van der Waals surface area (Å²) in [4.78, 5) is 33.0. The molecule has 168 valence electrons. The van der Waals surface area contributed by atoms with Crippen molar-refractivity contribution in [2.75, 3.05) is 37.7 Å². The number of carbonyl (C=O) groups is 2. The predicted octanol–water partition coefficient (Wildman–Crippen LogP) is 4.16. The van der Waals surface area contributed by atoms with Crippen molar-refractivity contribution in [3.8, 4) is 0 Å². The normalized spacial score (nSPS) is 18.7. The van der Waals surface area contributed by atoms with E-state index < -0.39 is 5.41 Å². The van der Waals surface area contributed by atoms with Crippen LogP contribution in [0.2, 0.25) is 5.02 Å². The quantitative estimate of drug-likeness (QED) is 0.537. The van der Waals surface area contributed by atoms with Gasteiger partial charge in [0.15, 0.2) is 0 Å². The number of nitrogens with zero attached hydrogens (tertiary/aromatic N) is 3. The molecule has 2 heterocycles. The van der Waals surface area contributed by atoms with E-state index in [-0.39, 0.29) is 18.2 Å². The molecule has 0 N–H and O–H groups in total. The van der Waals surface area contributed by atoms with Crippen molar-refractivity contribution in [2.45, 2.75) is 11.8 Å². The second-order valence-corrected chi connectivity index (χ2v) is 9.10. The Labute approximate surface area is 199 Å². The molecule has 2 aliphatic rings. The lowest BCUT2D eigenvalue weighted by molar-refractivity contribution is -0.142. The zero-order valence-corrected chi connectivity index (χ0v) is 19.1. The molecule has 3 aromatic rings. The maximum absolute atomic E-state index is 13.9. The minimum absolute atomic E-state index is 0.120. The van der Waals surface area contributed by atoms with Gasteiger partial charge in [-0.25, -0.2) is 0 Å². The van der Waals surface area contributed by atoms with E-state index in [0.717, 1.165) is 48.0 Å². The van der Waals surface area contributed by atoms with E-state index in [4.69, 9.17) is 11.6 Å². The van der Waals surface area contributed by atoms with Gasteiger partial charge in [0.1, 0.15) is 5.41 Å². The van der Waals surface area contributed by atoms with Crippen molar-refractivity contribution < 1.29 is 9.59 Å². The van der Waals surface area contributed by atoms with Gasteiger partial charge in [-0.1, -0.05) is 78.3 Å². The molecule has 6 heteroatoms. The smallest absolute Gasteiger partial charge is 0.245 e. The van der Waals surface area contributed by atoms with Crippen LogP contribution in [0.1, 0.15) is 17.5 Å². The molecule has 0 bridgehead atoms. The molecule has 5 nitrogen and oxygen atoms in total. The van der Waals surface area contributed by atoms with Crippen LogP contribution in [0, 0.1) is 0 Å². The second-order valence-electron chi connectivity index (χ2n) is 8.67. The summed E-state index contributed by atoms with van der Waals surface area (Å²) in [5.74, 6) is -0.257. The number of anilines is 1. The van der Waals surface area contributed by atoms with Crippen LogP contribution in [0.5, 0.6) is 0 Å². The summed E-state index contributed by atoms with van der Waals surface area (Å²) in [6.07, 6.45) is 0.155. The Morgan fingerprint density at radius 3 is 1.94 bits per heavy atom. The molecule has 2 aliphatic heterocycles. The van der Waals surface area contributed by atoms with Crippen LogP contribution in [0.25, 0.3) is 0 Å². The van der Waals surface area contributed by atoms with E-state index in [2.05, 4.69) is 15.9 Å². The lowest BCUT2D eigenvalue weighted by Gasteiger charge is -2.37. The lowest BCUT2D eigenvalue weighted by atomic mass is 9.73. The number of halogens is 1. The van der Waals surface area contributed by atoms with Crippen molar-refractivity contribution in [1.82, 2.24) is 9.80 Å². The van der Waals surface area contributed by atoms with Gasteiger partial charge >= 0.3 is 0 Å². The molecule has 2 amide bonds. The molecule has 0 atom stereocenters. The molecule has 33 heavy (non-hydrogen) atoms. The molecule has 0 unspecified atom stereocenters. The van der Waals surface area contributed by atoms with E-state index in [1.54, 1.807) is 0 Å². The molecule has 2 saturated heterocycles. The summed E-state index contributed by atoms with van der Waals surface area (Å²) in [5, 5.41) is 0.723. The molecular weight excluding hydrogens is 434 g/mol. The molecule has 2 fully saturated rings. The Bertz CT molecular complexity index is 1100. The molecule has 0 spiro atoms. The topological polar surface area (TPSA) is 43.9 Å². The minimum atomic E-state index is -0.970. The Hall–Kier alpha value is -3.15. The van der Waals surface area contributed by atoms with E-state index >= 15 is 0 Å². The second kappa shape index (κ2) is 9.00. The highest BCUT2D eigenvalue weighted by atomic mass is 35.5. The molecule has 3 aromatic carbocycles. The number of rotatable bonds is 5. The fourth-order valence-corrected chi connectivity index (χ4v) is 5.15. The van der Waals surface area contributed by atoms with Crippen LogP contribution in [-0.4, -0.2) is 54.5 Å². The largest absolute Gasteiger partial charge is 0.369 e. The van der Waals surface area contributed by atoms with Gasteiger partial charge in [0.25, 0.3) is 0 Å². The zero-order valence-electron chi connectivity index (χ0n) is 18.4. The summed E-state index contributed by atoms with van der Waals surface area (Å²) < 4.78 is 0. The van der Waals surface area contributed by atoms with Crippen LogP contribution < -0.4 is 4.90 Å². The van der Waals surface area contributed by atoms with Gasteiger partial charge in [-0.05, 0) is 29.3 Å². The van der Waals surface area contributed by atoms with Crippen LogP contribution in [-0.2, 0) is 15.0 Å². The maximum atomic E-state index is 13.9. The number of imide groups is 1. The Balaban J connectivity index is 1.35. The van der Waals surface area contributed by atoms with Gasteiger partial charge in [-0.2, -0.15) is 0 Å². The van der Waals surface area contributed by atoms with E-state index in [0.29, 0.717) is 6.67 Å². The van der Waals surface area contributed by atoms with Gasteiger partial charge in [0.05, 0.1) is 6.67 Å². The molecule has 5 rings (SSSR count). The zero-order chi connectivity index (χ0) is 22.8. The Morgan fingerprint density at radius 2 is 1.36 bits per heavy atom. The monoisotopic (exact) mass is 459 g/mol. The Kier molecular flexibility index (Phi) is 5.92. The van der Waals surface area contributed by atoms with Gasteiger partial charge in [0, 0.05) is 43.3 Å². The summed E-state index contributed by atoms with van der Waals surface area (Å²) >= 11 is 6.15. The number of hydrogen-bond donors (Lipinski definition) is 0. The van der Waals surface area contributed by atoms with E-state index in [1.807, 2.05) is 78.9 Å². The average molecular weight is 460 g/mol. The first-order chi connectivity index (χ1) is 16.1. The van der Waals surface area contributed by atoms with Crippen LogP contribution in [0.15, 0.2) is 84.9 Å². The first kappa shape index (κ1) is 21.7. The third-order valence-electron chi connectivity index (χ3n) is 6.75. The summed E-state index contributed by atoms with van der Waals surface area (Å²) in [5.41, 5.74) is 1.86. The number of hydrogen-bond acceptors (Lipinski definition) is 4. The van der Waals surface area contributed by atoms with Gasteiger partial charge < -0.3 is 4.90 Å². The van der Waals surface area contributed by atoms with Crippen LogP contribution >= 0.6 is 11.6 Å². The maximum Gasteiger partial charge on any atom is 0.245 e. The van der Waals surface area contributed by atoms with Gasteiger partial charge in [0.2, 0.25) is 11.8 Å². The number of benzene rings is 3. The highest BCUT2D eigenvalue weighted by Crippen LogP contribution is 2.42. The van der Waals surface area contributed by atoms with Crippen molar-refractivity contribution in [3.63, 3.8) is 0 Å². The SMILES string of the molecule is O=C1CC(c2ccccc2)(c2ccccc2)C(=O)N1CN1CCN(c2cccc(Cl)c2)CC1. The number of likely N-dealkylation sites (tertiary alicyclic amines) is 1. The summed E-state index contributed by atoms with van der Waals surface area (Å²) in [6.45, 7) is 3.50. The molecule has 0 saturated carbocycles. The van der Waals surface area contributed by atoms with Crippen molar-refractivity contribution in [1.29, 1.82) is 0 Å². The van der Waals surface area contributed by atoms with Gasteiger partial charge in [-0.3, -0.25) is 19.4 Å². The third kappa shape index (κ3) is 4.03. The number of amides is 2. The van der Waals surface area contributed by atoms with E-state index in [1.165, 1.54) is 4.90 Å². The Morgan fingerprint density at radius 1 is 0.758 bits per heavy atom. The fourth-order valence-electron chi connectivity index (χ4n) is 4.97. The summed E-state index contributed by atoms with van der Waals surface area (Å²) in [6, 6.07) is 27.2. The van der Waals surface area contributed by atoms with Crippen LogP contribution in [0.4, 0.5) is 5.69 Å². The van der Waals surface area contributed by atoms with Crippen LogP contribution in [0.3, 0.4) is 0 Å². The number of piperazine rings is 1. The fraction of sp³-hybridized carbons (Fsp3) is 0.259. The third-order valence-corrected chi connectivity index (χ3v) is 6.98. The van der Waals surface area contributed by atoms with E-state index in [9.17, 15) is 9.59 Å². The highest BCUT2D eigenvalue weighted by Gasteiger charge is 2.54. The first-order valence-electron chi connectivity index (χ1n) is 11.3. The molecular formula is C27H26ClN3O2. The van der Waals surface area contributed by atoms with Crippen molar-refractivity contribution in [3.05, 3.63) is 101 Å². The van der Waals surface area contributed by atoms with Gasteiger partial charge in [-0.15, -0.1) is 0 Å². The van der Waals surface area contributed by atoms with Crippen molar-refractivity contribution in [2.24, 2.45) is 0 Å². The summed E-state index contributed by atoms with van der Waals surface area (Å²) in [7, 11) is 0. The average Bonchev–Trinajstić information content (AvgIpc) is 3.11. The number of carbonyl (C=O) groups excluding carboxylic acids is 2. The first-order valence-corrected chi connectivity index (χ1v) is 11.6. The van der Waals surface area contributed by atoms with Crippen molar-refractivity contribution >= 4 is 29.1 Å². The standard InChI is InChI=1S/C27H26ClN3O2/c28-23-12-7-13-24(18-23)30-16-14-29(15-17-30)20-31-25(32)19-27(26(31)33,21-8-3-1-4-9-21)22-10-5-2-6-11-22/h1-13,18H,14-17,19-20H2. The minimum Gasteiger partial charge on any atom is -0.369 e. The molecule has 0 aromatic heterocycles. The lowest BCUT2D eigenvalue weighted by Crippen LogP contribution is -2.52. The molecule has 0 aliphatic carbocycles. The molecule has 0 radical (unpaired) electrons. The predicted molar refractivity (Wildman–Crippen MR) is 130 cm³/mol.